The molecular formula is C14H24N2O3. The van der Waals surface area contributed by atoms with Crippen LogP contribution in [0.1, 0.15) is 32.6 Å². The maximum atomic E-state index is 12.6. The van der Waals surface area contributed by atoms with Crippen molar-refractivity contribution in [3.05, 3.63) is 0 Å². The van der Waals surface area contributed by atoms with Gasteiger partial charge in [-0.1, -0.05) is 12.8 Å². The van der Waals surface area contributed by atoms with Crippen molar-refractivity contribution in [1.82, 2.24) is 9.80 Å². The maximum absolute atomic E-state index is 12.6. The van der Waals surface area contributed by atoms with Crippen molar-refractivity contribution in [1.29, 1.82) is 0 Å². The highest BCUT2D eigenvalue weighted by atomic mass is 16.4. The number of carboxylic acids is 1. The highest BCUT2D eigenvalue weighted by Gasteiger charge is 2.39. The number of carboxylic acid groups (broad SMARTS) is 1. The average molecular weight is 268 g/mol. The summed E-state index contributed by atoms with van der Waals surface area (Å²) >= 11 is 0. The topological polar surface area (TPSA) is 60.9 Å². The Kier molecular flexibility index (Phi) is 4.45. The maximum Gasteiger partial charge on any atom is 0.307 e. The molecule has 1 amide bonds. The lowest BCUT2D eigenvalue weighted by molar-refractivity contribution is -0.154. The predicted molar refractivity (Wildman–Crippen MR) is 71.8 cm³/mol. The molecule has 0 radical (unpaired) electrons. The first-order valence-electron chi connectivity index (χ1n) is 7.22. The number of piperazine rings is 1. The third-order valence-corrected chi connectivity index (χ3v) is 4.51. The van der Waals surface area contributed by atoms with Crippen LogP contribution in [-0.2, 0) is 9.59 Å². The van der Waals surface area contributed by atoms with Crippen LogP contribution in [0.2, 0.25) is 0 Å². The van der Waals surface area contributed by atoms with E-state index < -0.39 is 11.9 Å². The molecule has 0 aromatic carbocycles. The molecule has 1 aliphatic carbocycles. The number of nitrogens with zero attached hydrogens (tertiary/aromatic N) is 2. The summed E-state index contributed by atoms with van der Waals surface area (Å²) in [5.41, 5.74) is 0. The van der Waals surface area contributed by atoms with Crippen LogP contribution in [0, 0.1) is 11.8 Å². The molecule has 1 saturated heterocycles. The Bertz CT molecular complexity index is 359. The zero-order chi connectivity index (χ0) is 14.0. The summed E-state index contributed by atoms with van der Waals surface area (Å²) in [5.74, 6) is -1.53. The fourth-order valence-electron chi connectivity index (χ4n) is 3.40. The number of likely N-dealkylation sites (N-methyl/N-ethyl adjacent to an activating group) is 1. The number of hydrogen-bond acceptors (Lipinski definition) is 3. The highest BCUT2D eigenvalue weighted by molar-refractivity contribution is 5.85. The molecule has 1 heterocycles. The van der Waals surface area contributed by atoms with Crippen molar-refractivity contribution >= 4 is 11.9 Å². The fraction of sp³-hybridized carbons (Fsp3) is 0.857. The third-order valence-electron chi connectivity index (χ3n) is 4.51. The molecule has 1 unspecified atom stereocenters. The van der Waals surface area contributed by atoms with Crippen molar-refractivity contribution in [3.63, 3.8) is 0 Å². The number of hydrogen-bond donors (Lipinski definition) is 1. The molecule has 19 heavy (non-hydrogen) atoms. The number of rotatable bonds is 2. The summed E-state index contributed by atoms with van der Waals surface area (Å²) in [7, 11) is 2.05. The van der Waals surface area contributed by atoms with E-state index in [1.165, 1.54) is 0 Å². The summed E-state index contributed by atoms with van der Waals surface area (Å²) in [6, 6.07) is 0.183. The van der Waals surface area contributed by atoms with Gasteiger partial charge in [0.05, 0.1) is 11.8 Å². The Labute approximate surface area is 114 Å². The number of carbonyl (C=O) groups is 2. The van der Waals surface area contributed by atoms with E-state index in [0.29, 0.717) is 6.42 Å². The average Bonchev–Trinajstić information content (AvgIpc) is 2.38. The molecule has 1 saturated carbocycles. The van der Waals surface area contributed by atoms with Gasteiger partial charge < -0.3 is 14.9 Å². The minimum absolute atomic E-state index is 0.0627. The van der Waals surface area contributed by atoms with E-state index >= 15 is 0 Å². The van der Waals surface area contributed by atoms with Gasteiger partial charge in [-0.15, -0.1) is 0 Å². The molecular weight excluding hydrogens is 244 g/mol. The van der Waals surface area contributed by atoms with Crippen LogP contribution < -0.4 is 0 Å². The van der Waals surface area contributed by atoms with E-state index in [1.807, 2.05) is 11.8 Å². The van der Waals surface area contributed by atoms with Gasteiger partial charge in [-0.05, 0) is 26.8 Å². The van der Waals surface area contributed by atoms with E-state index in [1.54, 1.807) is 0 Å². The van der Waals surface area contributed by atoms with Gasteiger partial charge in [-0.3, -0.25) is 9.59 Å². The van der Waals surface area contributed by atoms with Crippen LogP contribution in [0.15, 0.2) is 0 Å². The molecule has 2 fully saturated rings. The minimum Gasteiger partial charge on any atom is -0.481 e. The van der Waals surface area contributed by atoms with Gasteiger partial charge in [0.2, 0.25) is 5.91 Å². The molecule has 0 aromatic rings. The molecule has 5 nitrogen and oxygen atoms in total. The zero-order valence-corrected chi connectivity index (χ0v) is 11.8. The molecule has 5 heteroatoms. The first-order chi connectivity index (χ1) is 9.00. The molecule has 1 aliphatic heterocycles. The molecule has 2 aliphatic rings. The second-order valence-corrected chi connectivity index (χ2v) is 5.98. The lowest BCUT2D eigenvalue weighted by Crippen LogP contribution is -2.55. The smallest absolute Gasteiger partial charge is 0.307 e. The van der Waals surface area contributed by atoms with E-state index in [0.717, 1.165) is 38.9 Å². The quantitative estimate of drug-likeness (QED) is 0.813. The van der Waals surface area contributed by atoms with Crippen LogP contribution in [0.25, 0.3) is 0 Å². The monoisotopic (exact) mass is 268 g/mol. The Morgan fingerprint density at radius 1 is 1.11 bits per heavy atom. The fourth-order valence-corrected chi connectivity index (χ4v) is 3.40. The molecule has 0 bridgehead atoms. The zero-order valence-electron chi connectivity index (χ0n) is 11.8. The van der Waals surface area contributed by atoms with Crippen LogP contribution in [0.4, 0.5) is 0 Å². The Morgan fingerprint density at radius 2 is 1.74 bits per heavy atom. The normalized spacial score (nSPS) is 33.2. The van der Waals surface area contributed by atoms with Crippen molar-refractivity contribution in [2.24, 2.45) is 11.8 Å². The van der Waals surface area contributed by atoms with Gasteiger partial charge >= 0.3 is 5.97 Å². The van der Waals surface area contributed by atoms with Crippen LogP contribution in [0.3, 0.4) is 0 Å². The molecule has 108 valence electrons. The van der Waals surface area contributed by atoms with Crippen molar-refractivity contribution in [3.8, 4) is 0 Å². The summed E-state index contributed by atoms with van der Waals surface area (Å²) < 4.78 is 0. The molecule has 0 aromatic heterocycles. The van der Waals surface area contributed by atoms with Crippen molar-refractivity contribution in [2.45, 2.75) is 38.6 Å². The first kappa shape index (κ1) is 14.3. The molecule has 1 N–H and O–H groups in total. The van der Waals surface area contributed by atoms with Crippen molar-refractivity contribution in [2.75, 3.05) is 26.7 Å². The summed E-state index contributed by atoms with van der Waals surface area (Å²) in [6.45, 7) is 4.52. The van der Waals surface area contributed by atoms with E-state index in [4.69, 9.17) is 0 Å². The summed E-state index contributed by atoms with van der Waals surface area (Å²) in [6.07, 6.45) is 3.28. The largest absolute Gasteiger partial charge is 0.481 e. The Hall–Kier alpha value is -1.10. The van der Waals surface area contributed by atoms with Crippen LogP contribution >= 0.6 is 0 Å². The van der Waals surface area contributed by atoms with Crippen LogP contribution in [0.5, 0.6) is 0 Å². The molecule has 3 atom stereocenters. The van der Waals surface area contributed by atoms with Gasteiger partial charge in [-0.2, -0.15) is 0 Å². The number of amides is 1. The second kappa shape index (κ2) is 5.90. The standard InChI is InChI=1S/C14H24N2O3/c1-10-9-15(2)7-8-16(10)13(17)11-5-3-4-6-12(11)14(18)19/h10-12H,3-9H2,1-2H3,(H,18,19)/t10?,11-,12+/m1/s1. The molecule has 2 rings (SSSR count). The highest BCUT2D eigenvalue weighted by Crippen LogP contribution is 2.32. The SMILES string of the molecule is CC1CN(C)CCN1C(=O)[C@@H]1CCCC[C@@H]1C(=O)O. The minimum atomic E-state index is -0.806. The van der Waals surface area contributed by atoms with Gasteiger partial charge in [-0.25, -0.2) is 0 Å². The van der Waals surface area contributed by atoms with Gasteiger partial charge in [0.25, 0.3) is 0 Å². The Balaban J connectivity index is 2.06. The Morgan fingerprint density at radius 3 is 2.32 bits per heavy atom. The van der Waals surface area contributed by atoms with Gasteiger partial charge in [0.1, 0.15) is 0 Å². The van der Waals surface area contributed by atoms with E-state index in [9.17, 15) is 14.7 Å². The lowest BCUT2D eigenvalue weighted by atomic mass is 9.78. The summed E-state index contributed by atoms with van der Waals surface area (Å²) in [4.78, 5) is 28.0. The third kappa shape index (κ3) is 3.08. The summed E-state index contributed by atoms with van der Waals surface area (Å²) in [5, 5.41) is 9.28. The van der Waals surface area contributed by atoms with Crippen molar-refractivity contribution < 1.29 is 14.7 Å². The van der Waals surface area contributed by atoms with Gasteiger partial charge in [0, 0.05) is 25.7 Å². The van der Waals surface area contributed by atoms with Crippen LogP contribution in [-0.4, -0.2) is 59.5 Å². The number of aliphatic carboxylic acids is 1. The number of carbonyl (C=O) groups excluding carboxylic acids is 1. The second-order valence-electron chi connectivity index (χ2n) is 5.98. The first-order valence-corrected chi connectivity index (χ1v) is 7.22. The van der Waals surface area contributed by atoms with E-state index in [2.05, 4.69) is 11.9 Å². The predicted octanol–water partition coefficient (Wildman–Crippen LogP) is 1.04. The van der Waals surface area contributed by atoms with E-state index in [-0.39, 0.29) is 17.9 Å². The lowest BCUT2D eigenvalue weighted by Gasteiger charge is -2.41. The molecule has 0 spiro atoms. The van der Waals surface area contributed by atoms with Gasteiger partial charge in [0.15, 0.2) is 0 Å².